The molecule has 2 aliphatic rings. The maximum Gasteiger partial charge on any atom is 0.0212 e. The minimum Gasteiger partial charge on any atom is -0.300 e. The first-order valence-electron chi connectivity index (χ1n) is 5.82. The molecule has 0 atom stereocenters. The minimum absolute atomic E-state index is 0.378. The van der Waals surface area contributed by atoms with Crippen LogP contribution in [0.15, 0.2) is 0 Å². The molecule has 0 N–H and O–H groups in total. The zero-order valence-electron chi connectivity index (χ0n) is 10.3. The van der Waals surface area contributed by atoms with Crippen molar-refractivity contribution >= 4 is 0 Å². The number of nitrogens with zero attached hydrogens (tertiary/aromatic N) is 2. The summed E-state index contributed by atoms with van der Waals surface area (Å²) in [6.07, 6.45) is 0. The van der Waals surface area contributed by atoms with Crippen LogP contribution in [-0.4, -0.2) is 47.6 Å². The van der Waals surface area contributed by atoms with Crippen molar-refractivity contribution in [1.82, 2.24) is 9.80 Å². The van der Waals surface area contributed by atoms with Crippen molar-refractivity contribution in [1.29, 1.82) is 0 Å². The van der Waals surface area contributed by atoms with Gasteiger partial charge in [0.2, 0.25) is 0 Å². The van der Waals surface area contributed by atoms with Gasteiger partial charge in [-0.2, -0.15) is 0 Å². The van der Waals surface area contributed by atoms with Crippen LogP contribution in [0.1, 0.15) is 34.6 Å². The summed E-state index contributed by atoms with van der Waals surface area (Å²) >= 11 is 0. The van der Waals surface area contributed by atoms with Crippen LogP contribution < -0.4 is 0 Å². The van der Waals surface area contributed by atoms with Crippen molar-refractivity contribution in [2.45, 2.75) is 46.2 Å². The molecule has 2 heteroatoms. The molecule has 2 aliphatic heterocycles. The van der Waals surface area contributed by atoms with E-state index >= 15 is 0 Å². The number of hydrogen-bond acceptors (Lipinski definition) is 2. The molecule has 2 rings (SSSR count). The third-order valence-corrected chi connectivity index (χ3v) is 3.81. The molecule has 0 unspecified atom stereocenters. The van der Waals surface area contributed by atoms with Gasteiger partial charge >= 0.3 is 0 Å². The molecular formula is C12H24N2. The minimum atomic E-state index is 0.378. The van der Waals surface area contributed by atoms with E-state index in [9.17, 15) is 0 Å². The molecule has 0 aromatic carbocycles. The molecule has 2 fully saturated rings. The second-order valence-corrected chi connectivity index (χ2v) is 6.53. The summed E-state index contributed by atoms with van der Waals surface area (Å²) < 4.78 is 0. The highest BCUT2D eigenvalue weighted by molar-refractivity contribution is 5.08. The molecule has 0 saturated carbocycles. The van der Waals surface area contributed by atoms with E-state index in [1.54, 1.807) is 0 Å². The van der Waals surface area contributed by atoms with E-state index in [0.29, 0.717) is 11.0 Å². The average molecular weight is 196 g/mol. The monoisotopic (exact) mass is 196 g/mol. The molecule has 82 valence electrons. The summed E-state index contributed by atoms with van der Waals surface area (Å²) in [4.78, 5) is 5.19. The molecular weight excluding hydrogens is 172 g/mol. The Hall–Kier alpha value is -0.0800. The van der Waals surface area contributed by atoms with Gasteiger partial charge in [-0.25, -0.2) is 0 Å². The van der Waals surface area contributed by atoms with Gasteiger partial charge in [0.25, 0.3) is 0 Å². The number of rotatable bonds is 1. The second-order valence-electron chi connectivity index (χ2n) is 6.53. The highest BCUT2D eigenvalue weighted by Crippen LogP contribution is 2.43. The van der Waals surface area contributed by atoms with Crippen LogP contribution in [0.25, 0.3) is 0 Å². The Morgan fingerprint density at radius 3 is 1.86 bits per heavy atom. The van der Waals surface area contributed by atoms with Crippen molar-refractivity contribution in [3.05, 3.63) is 0 Å². The number of likely N-dealkylation sites (tertiary alicyclic amines) is 2. The zero-order valence-corrected chi connectivity index (χ0v) is 10.3. The van der Waals surface area contributed by atoms with Gasteiger partial charge in [-0.15, -0.1) is 0 Å². The first-order valence-corrected chi connectivity index (χ1v) is 5.82. The van der Waals surface area contributed by atoms with Gasteiger partial charge in [-0.05, 0) is 34.6 Å². The van der Waals surface area contributed by atoms with Gasteiger partial charge in [-0.3, -0.25) is 9.80 Å². The lowest BCUT2D eigenvalue weighted by atomic mass is 9.70. The van der Waals surface area contributed by atoms with Crippen molar-refractivity contribution in [2.75, 3.05) is 26.2 Å². The highest BCUT2D eigenvalue weighted by atomic mass is 15.3. The van der Waals surface area contributed by atoms with Gasteiger partial charge in [0.15, 0.2) is 0 Å². The Morgan fingerprint density at radius 2 is 1.50 bits per heavy atom. The molecule has 0 aromatic rings. The van der Waals surface area contributed by atoms with E-state index in [-0.39, 0.29) is 0 Å². The van der Waals surface area contributed by atoms with E-state index < -0.39 is 0 Å². The van der Waals surface area contributed by atoms with E-state index in [1.807, 2.05) is 0 Å². The van der Waals surface area contributed by atoms with Crippen molar-refractivity contribution in [3.8, 4) is 0 Å². The molecule has 14 heavy (non-hydrogen) atoms. The molecule has 0 radical (unpaired) electrons. The lowest BCUT2D eigenvalue weighted by molar-refractivity contribution is -0.152. The Morgan fingerprint density at radius 1 is 1.00 bits per heavy atom. The largest absolute Gasteiger partial charge is 0.300 e. The van der Waals surface area contributed by atoms with Crippen LogP contribution >= 0.6 is 0 Å². The van der Waals surface area contributed by atoms with Crippen LogP contribution in [0, 0.1) is 5.41 Å². The number of hydrogen-bond donors (Lipinski definition) is 0. The molecule has 2 heterocycles. The van der Waals surface area contributed by atoms with Gasteiger partial charge in [0, 0.05) is 43.2 Å². The van der Waals surface area contributed by atoms with E-state index in [0.717, 1.165) is 6.04 Å². The predicted octanol–water partition coefficient (Wildman–Crippen LogP) is 1.81. The van der Waals surface area contributed by atoms with Gasteiger partial charge in [0.05, 0.1) is 0 Å². The second kappa shape index (κ2) is 2.96. The summed E-state index contributed by atoms with van der Waals surface area (Å²) in [5.74, 6) is 0. The average Bonchev–Trinajstić information content (AvgIpc) is 1.74. The summed E-state index contributed by atoms with van der Waals surface area (Å²) in [5, 5.41) is 0. The maximum atomic E-state index is 2.60. The van der Waals surface area contributed by atoms with Crippen LogP contribution in [-0.2, 0) is 0 Å². The SMILES string of the molecule is CC(C)N1CC2(C1)CN(C(C)(C)C)C2. The Labute approximate surface area is 88.3 Å². The van der Waals surface area contributed by atoms with Crippen molar-refractivity contribution in [3.63, 3.8) is 0 Å². The smallest absolute Gasteiger partial charge is 0.0212 e. The lowest BCUT2D eigenvalue weighted by Crippen LogP contribution is -2.75. The summed E-state index contributed by atoms with van der Waals surface area (Å²) in [5.41, 5.74) is 1.06. The molecule has 2 nitrogen and oxygen atoms in total. The summed E-state index contributed by atoms with van der Waals surface area (Å²) in [6, 6.07) is 0.740. The molecule has 0 aliphatic carbocycles. The van der Waals surface area contributed by atoms with E-state index in [4.69, 9.17) is 0 Å². The fraction of sp³-hybridized carbons (Fsp3) is 1.00. The molecule has 0 aromatic heterocycles. The molecule has 0 bridgehead atoms. The van der Waals surface area contributed by atoms with E-state index in [2.05, 4.69) is 44.4 Å². The summed E-state index contributed by atoms with van der Waals surface area (Å²) in [6.45, 7) is 16.9. The van der Waals surface area contributed by atoms with E-state index in [1.165, 1.54) is 26.2 Å². The Balaban J connectivity index is 1.80. The standard InChI is InChI=1S/C12H24N2/c1-10(2)13-6-12(7-13)8-14(9-12)11(3,4)5/h10H,6-9H2,1-5H3. The first kappa shape index (κ1) is 10.4. The molecule has 2 saturated heterocycles. The zero-order chi connectivity index (χ0) is 10.6. The van der Waals surface area contributed by atoms with Crippen LogP contribution in [0.3, 0.4) is 0 Å². The summed E-state index contributed by atoms with van der Waals surface area (Å²) in [7, 11) is 0. The normalized spacial score (nSPS) is 27.9. The van der Waals surface area contributed by atoms with Gasteiger partial charge < -0.3 is 0 Å². The third kappa shape index (κ3) is 1.59. The first-order chi connectivity index (χ1) is 6.32. The van der Waals surface area contributed by atoms with Crippen molar-refractivity contribution in [2.24, 2.45) is 5.41 Å². The Bertz CT molecular complexity index is 213. The van der Waals surface area contributed by atoms with Crippen molar-refractivity contribution < 1.29 is 0 Å². The molecule has 1 spiro atoms. The van der Waals surface area contributed by atoms with Crippen LogP contribution in [0.5, 0.6) is 0 Å². The molecule has 0 amide bonds. The highest BCUT2D eigenvalue weighted by Gasteiger charge is 2.53. The third-order valence-electron chi connectivity index (χ3n) is 3.81. The Kier molecular flexibility index (Phi) is 2.20. The maximum absolute atomic E-state index is 2.60. The predicted molar refractivity (Wildman–Crippen MR) is 60.5 cm³/mol. The van der Waals surface area contributed by atoms with Crippen LogP contribution in [0.2, 0.25) is 0 Å². The fourth-order valence-electron chi connectivity index (χ4n) is 2.62. The van der Waals surface area contributed by atoms with Crippen LogP contribution in [0.4, 0.5) is 0 Å². The lowest BCUT2D eigenvalue weighted by Gasteiger charge is -2.64. The van der Waals surface area contributed by atoms with Gasteiger partial charge in [0.1, 0.15) is 0 Å². The fourth-order valence-corrected chi connectivity index (χ4v) is 2.62. The topological polar surface area (TPSA) is 6.48 Å². The van der Waals surface area contributed by atoms with Gasteiger partial charge in [-0.1, -0.05) is 0 Å². The quantitative estimate of drug-likeness (QED) is 0.631.